The summed E-state index contributed by atoms with van der Waals surface area (Å²) in [7, 11) is 0. The van der Waals surface area contributed by atoms with E-state index in [1.54, 1.807) is 24.3 Å². The molecule has 3 aromatic rings. The Hall–Kier alpha value is -2.31. The van der Waals surface area contributed by atoms with Crippen LogP contribution in [0, 0.1) is 0 Å². The normalized spacial score (nSPS) is 12.9. The van der Waals surface area contributed by atoms with E-state index in [-0.39, 0.29) is 12.2 Å². The van der Waals surface area contributed by atoms with Crippen LogP contribution in [0.3, 0.4) is 0 Å². The number of hydrogen-bond acceptors (Lipinski definition) is 3. The van der Waals surface area contributed by atoms with E-state index < -0.39 is 28.5 Å². The molecule has 3 aromatic carbocycles. The van der Waals surface area contributed by atoms with Crippen molar-refractivity contribution in [2.24, 2.45) is 0 Å². The highest BCUT2D eigenvalue weighted by atomic mass is 32.2. The molecule has 6 heteroatoms. The Morgan fingerprint density at radius 2 is 1.58 bits per heavy atom. The molecule has 0 bridgehead atoms. The molecular formula is C20H15F3O2S. The molecule has 134 valence electrons. The summed E-state index contributed by atoms with van der Waals surface area (Å²) >= 11 is -0.444. The molecule has 26 heavy (non-hydrogen) atoms. The van der Waals surface area contributed by atoms with Crippen LogP contribution in [0.2, 0.25) is 0 Å². The molecule has 0 saturated heterocycles. The molecule has 0 saturated carbocycles. The number of thioether (sulfide) groups is 1. The number of fused-ring (bicyclic) bond motifs is 1. The monoisotopic (exact) mass is 376 g/mol. The second kappa shape index (κ2) is 7.93. The van der Waals surface area contributed by atoms with Gasteiger partial charge in [-0.2, -0.15) is 13.2 Å². The summed E-state index contributed by atoms with van der Waals surface area (Å²) in [6.07, 6.45) is 0. The van der Waals surface area contributed by atoms with Gasteiger partial charge in [0.05, 0.1) is 6.61 Å². The van der Waals surface area contributed by atoms with Crippen LogP contribution in [0.5, 0.6) is 0 Å². The summed E-state index contributed by atoms with van der Waals surface area (Å²) in [5.41, 5.74) is -5.33. The molecule has 0 radical (unpaired) electrons. The van der Waals surface area contributed by atoms with E-state index in [2.05, 4.69) is 0 Å². The number of halogens is 3. The molecule has 0 aliphatic rings. The zero-order valence-corrected chi connectivity index (χ0v) is 14.4. The smallest absolute Gasteiger partial charge is 0.354 e. The van der Waals surface area contributed by atoms with Gasteiger partial charge in [-0.25, -0.2) is 0 Å². The average Bonchev–Trinajstić information content (AvgIpc) is 2.64. The quantitative estimate of drug-likeness (QED) is 0.401. The highest BCUT2D eigenvalue weighted by Crippen LogP contribution is 2.36. The van der Waals surface area contributed by atoms with Crippen molar-refractivity contribution in [2.75, 3.05) is 0 Å². The Kier molecular flexibility index (Phi) is 5.64. The number of carbonyl (C=O) groups is 1. The van der Waals surface area contributed by atoms with Gasteiger partial charge in [0, 0.05) is 5.56 Å². The van der Waals surface area contributed by atoms with Gasteiger partial charge in [-0.15, -0.1) is 0 Å². The molecular weight excluding hydrogens is 361 g/mol. The molecule has 2 nitrogen and oxygen atoms in total. The van der Waals surface area contributed by atoms with E-state index in [9.17, 15) is 18.0 Å². The Bertz CT molecular complexity index is 894. The van der Waals surface area contributed by atoms with Crippen molar-refractivity contribution in [3.63, 3.8) is 0 Å². The highest BCUT2D eigenvalue weighted by molar-refractivity contribution is 8.01. The predicted molar refractivity (Wildman–Crippen MR) is 96.9 cm³/mol. The number of Topliss-reactive ketones (excluding diaryl/α,β-unsaturated/α-hetero) is 1. The van der Waals surface area contributed by atoms with E-state index in [0.717, 1.165) is 10.8 Å². The van der Waals surface area contributed by atoms with E-state index in [4.69, 9.17) is 4.74 Å². The van der Waals surface area contributed by atoms with Crippen LogP contribution in [-0.4, -0.2) is 16.7 Å². The first-order valence-electron chi connectivity index (χ1n) is 7.85. The van der Waals surface area contributed by atoms with Gasteiger partial charge in [-0.1, -0.05) is 66.7 Å². The van der Waals surface area contributed by atoms with Gasteiger partial charge >= 0.3 is 5.51 Å². The lowest BCUT2D eigenvalue weighted by atomic mass is 10.1. The van der Waals surface area contributed by atoms with Crippen molar-refractivity contribution in [3.8, 4) is 0 Å². The second-order valence-corrected chi connectivity index (χ2v) is 6.75. The fourth-order valence-corrected chi connectivity index (χ4v) is 3.15. The fraction of sp³-hybridized carbons (Fsp3) is 0.150. The van der Waals surface area contributed by atoms with Gasteiger partial charge in [-0.3, -0.25) is 4.79 Å². The van der Waals surface area contributed by atoms with Crippen LogP contribution < -0.4 is 0 Å². The number of hydrogen-bond donors (Lipinski definition) is 0. The van der Waals surface area contributed by atoms with Gasteiger partial charge in [0.15, 0.2) is 5.44 Å². The van der Waals surface area contributed by atoms with Gasteiger partial charge in [-0.05, 0) is 34.2 Å². The zero-order valence-electron chi connectivity index (χ0n) is 13.6. The van der Waals surface area contributed by atoms with Crippen molar-refractivity contribution in [2.45, 2.75) is 17.6 Å². The maximum Gasteiger partial charge on any atom is 0.444 e. The third-order valence-corrected chi connectivity index (χ3v) is 4.56. The zero-order chi connectivity index (χ0) is 18.6. The SMILES string of the molecule is O=C(c1ccccc1)C(OCc1ccc2ccccc2c1)SC(F)(F)F. The van der Waals surface area contributed by atoms with Crippen LogP contribution in [0.4, 0.5) is 13.2 Å². The van der Waals surface area contributed by atoms with Gasteiger partial charge in [0.25, 0.3) is 0 Å². The molecule has 0 heterocycles. The Morgan fingerprint density at radius 1 is 0.923 bits per heavy atom. The Labute approximate surface area is 153 Å². The molecule has 0 spiro atoms. The standard InChI is InChI=1S/C20H15F3O2S/c21-20(22,23)26-19(18(24)16-7-2-1-3-8-16)25-13-14-10-11-15-6-4-5-9-17(15)12-14/h1-12,19H,13H2. The molecule has 1 unspecified atom stereocenters. The average molecular weight is 376 g/mol. The maximum atomic E-state index is 12.8. The largest absolute Gasteiger partial charge is 0.444 e. The molecule has 0 aliphatic heterocycles. The number of benzene rings is 3. The lowest BCUT2D eigenvalue weighted by molar-refractivity contribution is -0.0370. The number of rotatable bonds is 6. The first kappa shape index (κ1) is 18.5. The van der Waals surface area contributed by atoms with Crippen LogP contribution in [0.1, 0.15) is 15.9 Å². The third kappa shape index (κ3) is 4.86. The van der Waals surface area contributed by atoms with Crippen LogP contribution >= 0.6 is 11.8 Å². The van der Waals surface area contributed by atoms with E-state index in [0.29, 0.717) is 5.56 Å². The van der Waals surface area contributed by atoms with Crippen molar-refractivity contribution < 1.29 is 22.7 Å². The fourth-order valence-electron chi connectivity index (χ4n) is 2.52. The highest BCUT2D eigenvalue weighted by Gasteiger charge is 2.37. The maximum absolute atomic E-state index is 12.8. The van der Waals surface area contributed by atoms with E-state index in [1.165, 1.54) is 12.1 Å². The van der Waals surface area contributed by atoms with Crippen LogP contribution in [0.25, 0.3) is 10.8 Å². The minimum Gasteiger partial charge on any atom is -0.354 e. The van der Waals surface area contributed by atoms with Crippen LogP contribution in [-0.2, 0) is 11.3 Å². The second-order valence-electron chi connectivity index (χ2n) is 5.62. The predicted octanol–water partition coefficient (Wildman–Crippen LogP) is 5.82. The van der Waals surface area contributed by atoms with Crippen molar-refractivity contribution >= 4 is 28.3 Å². The third-order valence-electron chi connectivity index (χ3n) is 3.73. The summed E-state index contributed by atoms with van der Waals surface area (Å²) < 4.78 is 43.9. The Balaban J connectivity index is 1.77. The number of alkyl halides is 3. The van der Waals surface area contributed by atoms with Gasteiger partial charge in [0.2, 0.25) is 5.78 Å². The summed E-state index contributed by atoms with van der Waals surface area (Å²) in [6.45, 7) is -0.0862. The summed E-state index contributed by atoms with van der Waals surface area (Å²) in [6, 6.07) is 21.0. The van der Waals surface area contributed by atoms with Crippen molar-refractivity contribution in [1.29, 1.82) is 0 Å². The molecule has 3 rings (SSSR count). The number of ether oxygens (including phenoxy) is 1. The van der Waals surface area contributed by atoms with Gasteiger partial charge < -0.3 is 4.74 Å². The van der Waals surface area contributed by atoms with E-state index in [1.807, 2.05) is 36.4 Å². The van der Waals surface area contributed by atoms with Crippen LogP contribution in [0.15, 0.2) is 72.8 Å². The van der Waals surface area contributed by atoms with E-state index >= 15 is 0 Å². The topological polar surface area (TPSA) is 26.3 Å². The Morgan fingerprint density at radius 3 is 2.27 bits per heavy atom. The molecule has 1 atom stereocenters. The lowest BCUT2D eigenvalue weighted by Gasteiger charge is -2.18. The van der Waals surface area contributed by atoms with Crippen molar-refractivity contribution in [1.82, 2.24) is 0 Å². The molecule has 0 aromatic heterocycles. The summed E-state index contributed by atoms with van der Waals surface area (Å²) in [4.78, 5) is 12.4. The number of carbonyl (C=O) groups excluding carboxylic acids is 1. The molecule has 0 fully saturated rings. The lowest BCUT2D eigenvalue weighted by Crippen LogP contribution is -2.25. The first-order chi connectivity index (χ1) is 12.4. The number of ketones is 1. The van der Waals surface area contributed by atoms with Gasteiger partial charge in [0.1, 0.15) is 0 Å². The molecule has 0 aliphatic carbocycles. The minimum atomic E-state index is -4.57. The summed E-state index contributed by atoms with van der Waals surface area (Å²) in [5, 5.41) is 1.99. The summed E-state index contributed by atoms with van der Waals surface area (Å²) in [5.74, 6) is -0.700. The molecule has 0 N–H and O–H groups in total. The van der Waals surface area contributed by atoms with Crippen molar-refractivity contribution in [3.05, 3.63) is 83.9 Å². The first-order valence-corrected chi connectivity index (χ1v) is 8.73. The minimum absolute atomic E-state index is 0.0862. The molecule has 0 amide bonds.